The molecule has 7 heteroatoms. The van der Waals surface area contributed by atoms with Crippen LogP contribution in [0.2, 0.25) is 5.02 Å². The lowest BCUT2D eigenvalue weighted by atomic mass is 9.93. The lowest BCUT2D eigenvalue weighted by Gasteiger charge is -2.26. The number of aromatic hydroxyl groups is 1. The van der Waals surface area contributed by atoms with E-state index in [4.69, 9.17) is 11.6 Å². The smallest absolute Gasteiger partial charge is 0.267 e. The minimum atomic E-state index is -0.349. The van der Waals surface area contributed by atoms with Crippen LogP contribution >= 0.6 is 11.6 Å². The predicted molar refractivity (Wildman–Crippen MR) is 119 cm³/mol. The third kappa shape index (κ3) is 4.66. The van der Waals surface area contributed by atoms with E-state index in [1.54, 1.807) is 30.5 Å². The fourth-order valence-electron chi connectivity index (χ4n) is 3.49. The van der Waals surface area contributed by atoms with Crippen LogP contribution in [-0.4, -0.2) is 53.0 Å². The Hall–Kier alpha value is -2.70. The van der Waals surface area contributed by atoms with Gasteiger partial charge in [-0.3, -0.25) is 9.79 Å². The van der Waals surface area contributed by atoms with E-state index in [2.05, 4.69) is 28.7 Å². The number of aliphatic imine (C=N–C) groups is 1. The van der Waals surface area contributed by atoms with Crippen LogP contribution in [0.3, 0.4) is 0 Å². The van der Waals surface area contributed by atoms with E-state index in [0.717, 1.165) is 6.54 Å². The van der Waals surface area contributed by atoms with Gasteiger partial charge < -0.3 is 10.0 Å². The normalized spacial score (nSPS) is 12.3. The summed E-state index contributed by atoms with van der Waals surface area (Å²) in [7, 11) is 4.06. The lowest BCUT2D eigenvalue weighted by Crippen LogP contribution is -2.31. The molecule has 0 radical (unpaired) electrons. The maximum atomic E-state index is 13.0. The van der Waals surface area contributed by atoms with Gasteiger partial charge in [0.05, 0.1) is 10.6 Å². The Labute approximate surface area is 175 Å². The predicted octanol–water partition coefficient (Wildman–Crippen LogP) is 3.75. The zero-order valence-corrected chi connectivity index (χ0v) is 17.8. The highest BCUT2D eigenvalue weighted by Gasteiger charge is 2.19. The fraction of sp³-hybridized carbons (Fsp3) is 0.318. The van der Waals surface area contributed by atoms with Crippen molar-refractivity contribution in [1.29, 1.82) is 0 Å². The molecule has 0 aliphatic rings. The van der Waals surface area contributed by atoms with Gasteiger partial charge in [-0.25, -0.2) is 9.55 Å². The topological polar surface area (TPSA) is 70.7 Å². The largest absolute Gasteiger partial charge is 0.494 e. The molecule has 0 spiro atoms. The van der Waals surface area contributed by atoms with Crippen LogP contribution in [0.5, 0.6) is 5.88 Å². The summed E-state index contributed by atoms with van der Waals surface area (Å²) in [5.41, 5.74) is 0.105. The fourth-order valence-corrected chi connectivity index (χ4v) is 3.60. The van der Waals surface area contributed by atoms with Gasteiger partial charge in [0.15, 0.2) is 0 Å². The van der Waals surface area contributed by atoms with Crippen molar-refractivity contribution in [3.05, 3.63) is 63.5 Å². The summed E-state index contributed by atoms with van der Waals surface area (Å²) in [4.78, 5) is 23.9. The quantitative estimate of drug-likeness (QED) is 0.626. The molecule has 0 saturated heterocycles. The summed E-state index contributed by atoms with van der Waals surface area (Å²) in [6.45, 7) is 5.74. The number of nitrogens with zero attached hydrogens (tertiary/aromatic N) is 4. The molecule has 6 nitrogen and oxygen atoms in total. The summed E-state index contributed by atoms with van der Waals surface area (Å²) in [6.07, 6.45) is 3.08. The number of pyridine rings is 2. The second-order valence-electron chi connectivity index (χ2n) is 8.13. The number of hydrogen-bond acceptors (Lipinski definition) is 5. The maximum Gasteiger partial charge on any atom is 0.267 e. The van der Waals surface area contributed by atoms with Crippen LogP contribution in [-0.2, 0) is 0 Å². The van der Waals surface area contributed by atoms with Crippen molar-refractivity contribution in [3.63, 3.8) is 0 Å². The standard InChI is InChI=1S/C22H25ClN4O2/c1-22(2,14-26(3)4)13-24-12-18-16-7-5-6-8-17(16)20(28)27(21(18)29)19-10-9-15(23)11-25-19/h5-12,29H,13-14H2,1-4H3. The van der Waals surface area contributed by atoms with Gasteiger partial charge in [-0.2, -0.15) is 0 Å². The first-order valence-electron chi connectivity index (χ1n) is 9.33. The second kappa shape index (κ2) is 8.35. The molecule has 2 heterocycles. The van der Waals surface area contributed by atoms with Gasteiger partial charge in [0.1, 0.15) is 5.82 Å². The molecule has 0 aliphatic carbocycles. The summed E-state index contributed by atoms with van der Waals surface area (Å²) >= 11 is 5.92. The molecule has 0 unspecified atom stereocenters. The molecule has 152 valence electrons. The molecule has 3 aromatic rings. The summed E-state index contributed by atoms with van der Waals surface area (Å²) in [5, 5.41) is 12.5. The Balaban J connectivity index is 2.13. The molecule has 29 heavy (non-hydrogen) atoms. The zero-order valence-electron chi connectivity index (χ0n) is 17.1. The number of rotatable bonds is 6. The van der Waals surface area contributed by atoms with Gasteiger partial charge in [-0.05, 0) is 37.7 Å². The Morgan fingerprint density at radius 3 is 2.52 bits per heavy atom. The summed E-state index contributed by atoms with van der Waals surface area (Å²) in [6, 6.07) is 10.4. The van der Waals surface area contributed by atoms with Crippen LogP contribution in [0.15, 0.2) is 52.4 Å². The second-order valence-corrected chi connectivity index (χ2v) is 8.57. The molecule has 0 bridgehead atoms. The molecule has 2 aromatic heterocycles. The highest BCUT2D eigenvalue weighted by Crippen LogP contribution is 2.26. The number of hydrogen-bond donors (Lipinski definition) is 1. The third-order valence-corrected chi connectivity index (χ3v) is 4.75. The molecule has 3 rings (SSSR count). The van der Waals surface area contributed by atoms with Crippen LogP contribution in [0.4, 0.5) is 0 Å². The van der Waals surface area contributed by atoms with E-state index >= 15 is 0 Å². The van der Waals surface area contributed by atoms with E-state index in [-0.39, 0.29) is 16.9 Å². The van der Waals surface area contributed by atoms with Gasteiger partial charge in [0.25, 0.3) is 5.56 Å². The zero-order chi connectivity index (χ0) is 21.2. The molecule has 0 aliphatic heterocycles. The van der Waals surface area contributed by atoms with E-state index in [0.29, 0.717) is 33.7 Å². The Kier molecular flexibility index (Phi) is 6.05. The Morgan fingerprint density at radius 1 is 1.21 bits per heavy atom. The van der Waals surface area contributed by atoms with Crippen molar-refractivity contribution < 1.29 is 5.11 Å². The van der Waals surface area contributed by atoms with Crippen molar-refractivity contribution >= 4 is 28.6 Å². The number of fused-ring (bicyclic) bond motifs is 1. The van der Waals surface area contributed by atoms with E-state index in [1.807, 2.05) is 26.2 Å². The van der Waals surface area contributed by atoms with Crippen molar-refractivity contribution in [2.75, 3.05) is 27.2 Å². The molecular weight excluding hydrogens is 388 g/mol. The van der Waals surface area contributed by atoms with Gasteiger partial charge >= 0.3 is 0 Å². The molecule has 0 amide bonds. The van der Waals surface area contributed by atoms with Crippen LogP contribution in [0.25, 0.3) is 16.6 Å². The van der Waals surface area contributed by atoms with Crippen molar-refractivity contribution in [2.45, 2.75) is 13.8 Å². The van der Waals surface area contributed by atoms with Crippen LogP contribution in [0, 0.1) is 5.41 Å². The average Bonchev–Trinajstić information content (AvgIpc) is 2.65. The highest BCUT2D eigenvalue weighted by molar-refractivity contribution is 6.30. The van der Waals surface area contributed by atoms with Crippen molar-refractivity contribution in [2.24, 2.45) is 10.4 Å². The Bertz CT molecular complexity index is 1100. The van der Waals surface area contributed by atoms with Gasteiger partial charge in [0.2, 0.25) is 5.88 Å². The SMILES string of the molecule is CN(C)CC(C)(C)CN=Cc1c(O)n(-c2ccc(Cl)cn2)c(=O)c2ccccc12. The molecule has 0 fully saturated rings. The molecule has 1 aromatic carbocycles. The first kappa shape index (κ1) is 21.0. The van der Waals surface area contributed by atoms with Gasteiger partial charge in [-0.15, -0.1) is 0 Å². The molecule has 0 atom stereocenters. The molecule has 0 saturated carbocycles. The van der Waals surface area contributed by atoms with Gasteiger partial charge in [0, 0.05) is 36.3 Å². The summed E-state index contributed by atoms with van der Waals surface area (Å²) in [5.74, 6) is 0.0999. The first-order chi connectivity index (χ1) is 13.7. The minimum absolute atomic E-state index is 0.0302. The minimum Gasteiger partial charge on any atom is -0.494 e. The van der Waals surface area contributed by atoms with Crippen molar-refractivity contribution in [3.8, 4) is 11.7 Å². The van der Waals surface area contributed by atoms with E-state index in [1.165, 1.54) is 10.8 Å². The molecule has 1 N–H and O–H groups in total. The number of halogens is 1. The van der Waals surface area contributed by atoms with Gasteiger partial charge in [-0.1, -0.05) is 43.6 Å². The first-order valence-corrected chi connectivity index (χ1v) is 9.70. The number of benzene rings is 1. The average molecular weight is 413 g/mol. The number of aromatic nitrogens is 2. The maximum absolute atomic E-state index is 13.0. The Morgan fingerprint density at radius 2 is 1.90 bits per heavy atom. The van der Waals surface area contributed by atoms with E-state index < -0.39 is 0 Å². The van der Waals surface area contributed by atoms with Crippen LogP contribution in [0.1, 0.15) is 19.4 Å². The third-order valence-electron chi connectivity index (χ3n) is 4.53. The molecular formula is C22H25ClN4O2. The van der Waals surface area contributed by atoms with E-state index in [9.17, 15) is 9.90 Å². The monoisotopic (exact) mass is 412 g/mol. The lowest BCUT2D eigenvalue weighted by molar-refractivity contribution is 0.249. The van der Waals surface area contributed by atoms with Crippen LogP contribution < -0.4 is 5.56 Å². The highest BCUT2D eigenvalue weighted by atomic mass is 35.5. The van der Waals surface area contributed by atoms with Crippen molar-refractivity contribution in [1.82, 2.24) is 14.5 Å². The summed E-state index contributed by atoms with van der Waals surface area (Å²) < 4.78 is 1.19.